The summed E-state index contributed by atoms with van der Waals surface area (Å²) in [5.41, 5.74) is 2.09. The highest BCUT2D eigenvalue weighted by Crippen LogP contribution is 2.39. The maximum absolute atomic E-state index is 13.6. The standard InChI is InChI=1S/C20H22F2N2O4/c1-4-26-17-10-13(11-18(27-5-2)19(17)28-6-3)20(25)24-23-12-14-15(21)8-7-9-16(14)22/h7-12H,4-6H2,1-3H3,(H,24,25)/b23-12-. The number of nitrogens with zero attached hydrogens (tertiary/aromatic N) is 1. The Labute approximate surface area is 162 Å². The first-order valence-corrected chi connectivity index (χ1v) is 8.85. The second-order valence-corrected chi connectivity index (χ2v) is 5.44. The minimum absolute atomic E-state index is 0.196. The summed E-state index contributed by atoms with van der Waals surface area (Å²) in [7, 11) is 0. The number of ether oxygens (including phenoxy) is 3. The van der Waals surface area contributed by atoms with Crippen LogP contribution in [0.2, 0.25) is 0 Å². The van der Waals surface area contributed by atoms with Gasteiger partial charge >= 0.3 is 0 Å². The SMILES string of the molecule is CCOc1cc(C(=O)N/N=C\c2c(F)cccc2F)cc(OCC)c1OCC. The van der Waals surface area contributed by atoms with Crippen LogP contribution < -0.4 is 19.6 Å². The lowest BCUT2D eigenvalue weighted by Gasteiger charge is -2.16. The summed E-state index contributed by atoms with van der Waals surface area (Å²) >= 11 is 0. The Kier molecular flexibility index (Phi) is 7.74. The van der Waals surface area contributed by atoms with E-state index < -0.39 is 17.5 Å². The number of benzene rings is 2. The van der Waals surface area contributed by atoms with E-state index in [4.69, 9.17) is 14.2 Å². The number of carbonyl (C=O) groups excluding carboxylic acids is 1. The monoisotopic (exact) mass is 392 g/mol. The Hall–Kier alpha value is -3.16. The maximum atomic E-state index is 13.6. The molecule has 8 heteroatoms. The van der Waals surface area contributed by atoms with Crippen LogP contribution >= 0.6 is 0 Å². The van der Waals surface area contributed by atoms with Crippen LogP contribution in [0.1, 0.15) is 36.7 Å². The summed E-state index contributed by atoms with van der Waals surface area (Å²) in [6.07, 6.45) is 0.907. The molecule has 6 nitrogen and oxygen atoms in total. The Morgan fingerprint density at radius 1 is 1.00 bits per heavy atom. The van der Waals surface area contributed by atoms with Gasteiger partial charge in [-0.15, -0.1) is 0 Å². The lowest BCUT2D eigenvalue weighted by molar-refractivity contribution is 0.0954. The molecule has 0 unspecified atom stereocenters. The normalized spacial score (nSPS) is 10.8. The van der Waals surface area contributed by atoms with Crippen molar-refractivity contribution in [2.45, 2.75) is 20.8 Å². The van der Waals surface area contributed by atoms with Gasteiger partial charge < -0.3 is 14.2 Å². The van der Waals surface area contributed by atoms with E-state index in [0.29, 0.717) is 37.1 Å². The largest absolute Gasteiger partial charge is 0.490 e. The molecule has 0 spiro atoms. The van der Waals surface area contributed by atoms with E-state index in [9.17, 15) is 13.6 Å². The fourth-order valence-electron chi connectivity index (χ4n) is 2.37. The van der Waals surface area contributed by atoms with Gasteiger partial charge in [0, 0.05) is 5.56 Å². The van der Waals surface area contributed by atoms with Gasteiger partial charge in [-0.25, -0.2) is 14.2 Å². The Bertz CT molecular complexity index is 809. The number of hydrazone groups is 1. The fourth-order valence-corrected chi connectivity index (χ4v) is 2.37. The van der Waals surface area contributed by atoms with Crippen molar-refractivity contribution in [3.63, 3.8) is 0 Å². The van der Waals surface area contributed by atoms with E-state index in [1.807, 2.05) is 6.92 Å². The van der Waals surface area contributed by atoms with Gasteiger partial charge in [0.1, 0.15) is 11.6 Å². The van der Waals surface area contributed by atoms with Crippen LogP contribution in [0.5, 0.6) is 17.2 Å². The van der Waals surface area contributed by atoms with Crippen LogP contribution in [0.15, 0.2) is 35.4 Å². The fraction of sp³-hybridized carbons (Fsp3) is 0.300. The van der Waals surface area contributed by atoms with Crippen molar-refractivity contribution in [1.82, 2.24) is 5.43 Å². The molecule has 0 atom stereocenters. The Morgan fingerprint density at radius 2 is 1.54 bits per heavy atom. The van der Waals surface area contributed by atoms with Crippen LogP contribution in [0.4, 0.5) is 8.78 Å². The van der Waals surface area contributed by atoms with Gasteiger partial charge in [-0.3, -0.25) is 4.79 Å². The molecule has 0 aliphatic carbocycles. The van der Waals surface area contributed by atoms with Gasteiger partial charge in [0.25, 0.3) is 5.91 Å². The van der Waals surface area contributed by atoms with Crippen molar-refractivity contribution < 1.29 is 27.8 Å². The summed E-state index contributed by atoms with van der Waals surface area (Å²) in [6, 6.07) is 6.42. The highest BCUT2D eigenvalue weighted by molar-refractivity contribution is 5.96. The number of rotatable bonds is 9. The third-order valence-electron chi connectivity index (χ3n) is 3.53. The van der Waals surface area contributed by atoms with E-state index in [1.54, 1.807) is 13.8 Å². The topological polar surface area (TPSA) is 69.2 Å². The van der Waals surface area contributed by atoms with Crippen LogP contribution in [0, 0.1) is 11.6 Å². The number of hydrogen-bond donors (Lipinski definition) is 1. The van der Waals surface area contributed by atoms with Gasteiger partial charge in [-0.05, 0) is 45.0 Å². The Balaban J connectivity index is 2.27. The number of amides is 1. The summed E-state index contributed by atoms with van der Waals surface area (Å²) in [5.74, 6) is -1.06. The molecule has 0 saturated carbocycles. The third-order valence-corrected chi connectivity index (χ3v) is 3.53. The van der Waals surface area contributed by atoms with E-state index in [0.717, 1.165) is 18.3 Å². The highest BCUT2D eigenvalue weighted by atomic mass is 19.1. The smallest absolute Gasteiger partial charge is 0.271 e. The maximum Gasteiger partial charge on any atom is 0.271 e. The number of carbonyl (C=O) groups is 1. The molecule has 150 valence electrons. The molecular formula is C20H22F2N2O4. The van der Waals surface area contributed by atoms with Gasteiger partial charge in [0.05, 0.1) is 31.6 Å². The van der Waals surface area contributed by atoms with E-state index >= 15 is 0 Å². The van der Waals surface area contributed by atoms with Gasteiger partial charge in [-0.1, -0.05) is 6.07 Å². The predicted molar refractivity (Wildman–Crippen MR) is 101 cm³/mol. The zero-order chi connectivity index (χ0) is 20.5. The van der Waals surface area contributed by atoms with Gasteiger partial charge in [-0.2, -0.15) is 5.10 Å². The highest BCUT2D eigenvalue weighted by Gasteiger charge is 2.18. The summed E-state index contributed by atoms with van der Waals surface area (Å²) in [6.45, 7) is 6.54. The summed E-state index contributed by atoms with van der Waals surface area (Å²) in [5, 5.41) is 3.63. The van der Waals surface area contributed by atoms with Crippen molar-refractivity contribution in [3.8, 4) is 17.2 Å². The van der Waals surface area contributed by atoms with Crippen molar-refractivity contribution in [2.24, 2.45) is 5.10 Å². The second-order valence-electron chi connectivity index (χ2n) is 5.44. The number of nitrogens with one attached hydrogen (secondary N) is 1. The molecule has 0 aliphatic heterocycles. The third kappa shape index (κ3) is 5.18. The average Bonchev–Trinajstić information content (AvgIpc) is 2.66. The molecule has 2 aromatic carbocycles. The molecule has 0 aromatic heterocycles. The average molecular weight is 392 g/mol. The first-order valence-electron chi connectivity index (χ1n) is 8.85. The zero-order valence-electron chi connectivity index (χ0n) is 15.9. The molecule has 0 heterocycles. The van der Waals surface area contributed by atoms with Crippen LogP contribution in [0.25, 0.3) is 0 Å². The Morgan fingerprint density at radius 3 is 2.04 bits per heavy atom. The minimum Gasteiger partial charge on any atom is -0.490 e. The molecule has 2 rings (SSSR count). The molecule has 0 radical (unpaired) electrons. The van der Waals surface area contributed by atoms with Gasteiger partial charge in [0.2, 0.25) is 5.75 Å². The summed E-state index contributed by atoms with van der Waals surface area (Å²) < 4.78 is 43.9. The molecule has 1 amide bonds. The van der Waals surface area contributed by atoms with Crippen molar-refractivity contribution in [2.75, 3.05) is 19.8 Å². The van der Waals surface area contributed by atoms with Gasteiger partial charge in [0.15, 0.2) is 11.5 Å². The predicted octanol–water partition coefficient (Wildman–Crippen LogP) is 3.92. The van der Waals surface area contributed by atoms with Crippen molar-refractivity contribution in [1.29, 1.82) is 0 Å². The minimum atomic E-state index is -0.781. The molecule has 0 bridgehead atoms. The molecule has 0 fully saturated rings. The lowest BCUT2D eigenvalue weighted by atomic mass is 10.1. The van der Waals surface area contributed by atoms with E-state index in [-0.39, 0.29) is 11.1 Å². The number of halogens is 2. The number of hydrogen-bond acceptors (Lipinski definition) is 5. The van der Waals surface area contributed by atoms with Crippen LogP contribution in [-0.4, -0.2) is 31.9 Å². The lowest BCUT2D eigenvalue weighted by Crippen LogP contribution is -2.18. The van der Waals surface area contributed by atoms with Crippen molar-refractivity contribution >= 4 is 12.1 Å². The molecule has 2 aromatic rings. The molecule has 0 aliphatic rings. The summed E-state index contributed by atoms with van der Waals surface area (Å²) in [4.78, 5) is 12.4. The first kappa shape index (κ1) is 21.1. The molecule has 0 saturated heterocycles. The zero-order valence-corrected chi connectivity index (χ0v) is 15.9. The van der Waals surface area contributed by atoms with Crippen molar-refractivity contribution in [3.05, 3.63) is 53.1 Å². The van der Waals surface area contributed by atoms with E-state index in [1.165, 1.54) is 18.2 Å². The van der Waals surface area contributed by atoms with Crippen LogP contribution in [-0.2, 0) is 0 Å². The first-order chi connectivity index (χ1) is 13.5. The molecular weight excluding hydrogens is 370 g/mol. The molecule has 1 N–H and O–H groups in total. The second kappa shape index (κ2) is 10.2. The quantitative estimate of drug-likeness (QED) is 0.519. The molecule has 28 heavy (non-hydrogen) atoms. The van der Waals surface area contributed by atoms with E-state index in [2.05, 4.69) is 10.5 Å². The van der Waals surface area contributed by atoms with Crippen LogP contribution in [0.3, 0.4) is 0 Å².